The van der Waals surface area contributed by atoms with Crippen LogP contribution in [0.15, 0.2) is 0 Å². The van der Waals surface area contributed by atoms with Crippen LogP contribution in [0.4, 0.5) is 0 Å². The van der Waals surface area contributed by atoms with Crippen LogP contribution in [0.2, 0.25) is 0 Å². The fraction of sp³-hybridized carbons (Fsp3) is 1.00. The van der Waals surface area contributed by atoms with E-state index in [0.717, 1.165) is 32.0 Å². The van der Waals surface area contributed by atoms with E-state index in [0.29, 0.717) is 0 Å². The zero-order valence-corrected chi connectivity index (χ0v) is 9.88. The molecule has 0 spiro atoms. The van der Waals surface area contributed by atoms with Crippen LogP contribution in [-0.2, 0) is 4.74 Å². The third-order valence-electron chi connectivity index (χ3n) is 2.69. The fourth-order valence-corrected chi connectivity index (χ4v) is 1.42. The van der Waals surface area contributed by atoms with Crippen molar-refractivity contribution in [3.05, 3.63) is 0 Å². The normalized spacial score (nSPS) is 13.5. The summed E-state index contributed by atoms with van der Waals surface area (Å²) < 4.78 is 4.97. The molecule has 86 valence electrons. The number of nitrogens with two attached hydrogens (primary N) is 1. The zero-order chi connectivity index (χ0) is 10.8. The van der Waals surface area contributed by atoms with Crippen molar-refractivity contribution in [1.29, 1.82) is 0 Å². The van der Waals surface area contributed by atoms with Crippen LogP contribution in [-0.4, -0.2) is 32.8 Å². The molecule has 0 rings (SSSR count). The minimum Gasteiger partial charge on any atom is -0.385 e. The largest absolute Gasteiger partial charge is 0.385 e. The van der Waals surface area contributed by atoms with Gasteiger partial charge in [-0.3, -0.25) is 0 Å². The third kappa shape index (κ3) is 7.30. The molecule has 0 radical (unpaired) electrons. The van der Waals surface area contributed by atoms with E-state index in [4.69, 9.17) is 10.5 Å². The van der Waals surface area contributed by atoms with Crippen molar-refractivity contribution < 1.29 is 4.74 Å². The highest BCUT2D eigenvalue weighted by atomic mass is 16.5. The Morgan fingerprint density at radius 3 is 2.36 bits per heavy atom. The highest BCUT2D eigenvalue weighted by molar-refractivity contribution is 4.66. The van der Waals surface area contributed by atoms with E-state index in [-0.39, 0.29) is 6.04 Å². The summed E-state index contributed by atoms with van der Waals surface area (Å²) in [5, 5.41) is 3.42. The lowest BCUT2D eigenvalue weighted by Crippen LogP contribution is -2.36. The first-order valence-corrected chi connectivity index (χ1v) is 5.69. The van der Waals surface area contributed by atoms with Crippen LogP contribution in [0.25, 0.3) is 0 Å². The summed E-state index contributed by atoms with van der Waals surface area (Å²) >= 11 is 0. The topological polar surface area (TPSA) is 47.3 Å². The SMILES string of the molecule is CCC(CC)CNCC(N)CCOC. The van der Waals surface area contributed by atoms with Crippen LogP contribution >= 0.6 is 0 Å². The van der Waals surface area contributed by atoms with Gasteiger partial charge in [0.25, 0.3) is 0 Å². The summed E-state index contributed by atoms with van der Waals surface area (Å²) in [7, 11) is 1.71. The van der Waals surface area contributed by atoms with Crippen molar-refractivity contribution in [3.8, 4) is 0 Å². The molecule has 0 aromatic rings. The number of methoxy groups -OCH3 is 1. The molecular weight excluding hydrogens is 176 g/mol. The maximum atomic E-state index is 5.89. The van der Waals surface area contributed by atoms with Gasteiger partial charge in [0.2, 0.25) is 0 Å². The average molecular weight is 202 g/mol. The molecule has 1 unspecified atom stereocenters. The summed E-state index contributed by atoms with van der Waals surface area (Å²) in [5.74, 6) is 0.796. The molecule has 0 aromatic carbocycles. The van der Waals surface area contributed by atoms with Crippen molar-refractivity contribution in [3.63, 3.8) is 0 Å². The smallest absolute Gasteiger partial charge is 0.0477 e. The van der Waals surface area contributed by atoms with E-state index < -0.39 is 0 Å². The number of rotatable bonds is 9. The van der Waals surface area contributed by atoms with Crippen LogP contribution in [0.5, 0.6) is 0 Å². The van der Waals surface area contributed by atoms with Crippen LogP contribution in [0.1, 0.15) is 33.1 Å². The molecule has 14 heavy (non-hydrogen) atoms. The molecule has 0 aliphatic carbocycles. The van der Waals surface area contributed by atoms with Crippen molar-refractivity contribution in [2.24, 2.45) is 11.7 Å². The molecule has 0 aliphatic heterocycles. The lowest BCUT2D eigenvalue weighted by atomic mass is 10.0. The molecule has 0 amide bonds. The summed E-state index contributed by atoms with van der Waals surface area (Å²) in [6.07, 6.45) is 3.43. The van der Waals surface area contributed by atoms with Crippen molar-refractivity contribution >= 4 is 0 Å². The Hall–Kier alpha value is -0.120. The van der Waals surface area contributed by atoms with E-state index in [9.17, 15) is 0 Å². The van der Waals surface area contributed by atoms with E-state index in [1.165, 1.54) is 12.8 Å². The first kappa shape index (κ1) is 13.9. The predicted molar refractivity (Wildman–Crippen MR) is 61.4 cm³/mol. The first-order chi connectivity index (χ1) is 6.74. The second-order valence-electron chi connectivity index (χ2n) is 3.88. The Morgan fingerprint density at radius 2 is 1.86 bits per heavy atom. The van der Waals surface area contributed by atoms with Gasteiger partial charge in [-0.25, -0.2) is 0 Å². The van der Waals surface area contributed by atoms with Crippen molar-refractivity contribution in [1.82, 2.24) is 5.32 Å². The van der Waals surface area contributed by atoms with Gasteiger partial charge in [0.1, 0.15) is 0 Å². The van der Waals surface area contributed by atoms with E-state index >= 15 is 0 Å². The monoisotopic (exact) mass is 202 g/mol. The summed E-state index contributed by atoms with van der Waals surface area (Å²) in [5.41, 5.74) is 5.89. The zero-order valence-electron chi connectivity index (χ0n) is 9.88. The summed E-state index contributed by atoms with van der Waals surface area (Å²) in [4.78, 5) is 0. The Bertz CT molecular complexity index is 116. The predicted octanol–water partition coefficient (Wildman–Crippen LogP) is 1.38. The molecule has 3 nitrogen and oxygen atoms in total. The van der Waals surface area contributed by atoms with Crippen LogP contribution < -0.4 is 11.1 Å². The quantitative estimate of drug-likeness (QED) is 0.594. The molecule has 3 heteroatoms. The van der Waals surface area contributed by atoms with Gasteiger partial charge in [-0.15, -0.1) is 0 Å². The van der Waals surface area contributed by atoms with Crippen LogP contribution in [0, 0.1) is 5.92 Å². The Balaban J connectivity index is 3.33. The number of ether oxygens (including phenoxy) is 1. The van der Waals surface area contributed by atoms with E-state index in [2.05, 4.69) is 19.2 Å². The summed E-state index contributed by atoms with van der Waals surface area (Å²) in [6, 6.07) is 0.226. The first-order valence-electron chi connectivity index (χ1n) is 5.69. The Kier molecular flexibility index (Phi) is 9.35. The molecule has 0 saturated carbocycles. The molecule has 0 aliphatic rings. The molecule has 1 atom stereocenters. The third-order valence-corrected chi connectivity index (χ3v) is 2.69. The maximum absolute atomic E-state index is 5.89. The van der Waals surface area contributed by atoms with Gasteiger partial charge in [0, 0.05) is 26.3 Å². The molecule has 0 saturated heterocycles. The Labute approximate surface area is 88.4 Å². The van der Waals surface area contributed by atoms with Gasteiger partial charge in [0.15, 0.2) is 0 Å². The highest BCUT2D eigenvalue weighted by Gasteiger charge is 2.05. The molecule has 0 heterocycles. The molecule has 0 fully saturated rings. The molecule has 3 N–H and O–H groups in total. The van der Waals surface area contributed by atoms with E-state index in [1.54, 1.807) is 7.11 Å². The number of hydrogen-bond donors (Lipinski definition) is 2. The van der Waals surface area contributed by atoms with Gasteiger partial charge in [-0.2, -0.15) is 0 Å². The highest BCUT2D eigenvalue weighted by Crippen LogP contribution is 2.04. The maximum Gasteiger partial charge on any atom is 0.0477 e. The lowest BCUT2D eigenvalue weighted by molar-refractivity contribution is 0.187. The summed E-state index contributed by atoms with van der Waals surface area (Å²) in [6.45, 7) is 7.22. The van der Waals surface area contributed by atoms with Crippen molar-refractivity contribution in [2.75, 3.05) is 26.8 Å². The van der Waals surface area contributed by atoms with Gasteiger partial charge < -0.3 is 15.8 Å². The molecule has 0 bridgehead atoms. The minimum atomic E-state index is 0.226. The van der Waals surface area contributed by atoms with Gasteiger partial charge in [0.05, 0.1) is 0 Å². The van der Waals surface area contributed by atoms with Gasteiger partial charge in [-0.1, -0.05) is 26.7 Å². The molecular formula is C11H26N2O. The lowest BCUT2D eigenvalue weighted by Gasteiger charge is -2.16. The average Bonchev–Trinajstić information content (AvgIpc) is 2.21. The number of hydrogen-bond acceptors (Lipinski definition) is 3. The van der Waals surface area contributed by atoms with Gasteiger partial charge >= 0.3 is 0 Å². The van der Waals surface area contributed by atoms with Crippen LogP contribution in [0.3, 0.4) is 0 Å². The second-order valence-corrected chi connectivity index (χ2v) is 3.88. The minimum absolute atomic E-state index is 0.226. The van der Waals surface area contributed by atoms with E-state index in [1.807, 2.05) is 0 Å². The number of nitrogens with one attached hydrogen (secondary N) is 1. The fourth-order valence-electron chi connectivity index (χ4n) is 1.42. The molecule has 0 aromatic heterocycles. The second kappa shape index (κ2) is 9.44. The Morgan fingerprint density at radius 1 is 1.21 bits per heavy atom. The van der Waals surface area contributed by atoms with Gasteiger partial charge in [-0.05, 0) is 18.9 Å². The standard InChI is InChI=1S/C11H26N2O/c1-4-10(5-2)8-13-9-11(12)6-7-14-3/h10-11,13H,4-9,12H2,1-3H3. The van der Waals surface area contributed by atoms with Crippen molar-refractivity contribution in [2.45, 2.75) is 39.2 Å².